The number of ether oxygens (including phenoxy) is 1. The molecule has 1 saturated carbocycles. The largest absolute Gasteiger partial charge is 0.377 e. The van der Waals surface area contributed by atoms with Crippen LogP contribution in [0.25, 0.3) is 0 Å². The van der Waals surface area contributed by atoms with E-state index < -0.39 is 0 Å². The number of hydrogen-bond donors (Lipinski definition) is 2. The van der Waals surface area contributed by atoms with Gasteiger partial charge in [-0.25, -0.2) is 4.98 Å². The van der Waals surface area contributed by atoms with E-state index in [1.807, 2.05) is 11.0 Å². The fraction of sp³-hybridized carbons (Fsp3) is 0.562. The van der Waals surface area contributed by atoms with Crippen molar-refractivity contribution < 1.29 is 9.53 Å². The highest BCUT2D eigenvalue weighted by atomic mass is 16.5. The quantitative estimate of drug-likeness (QED) is 0.876. The lowest BCUT2D eigenvalue weighted by Crippen LogP contribution is -2.28. The number of aromatic nitrogens is 4. The Morgan fingerprint density at radius 1 is 1.43 bits per heavy atom. The summed E-state index contributed by atoms with van der Waals surface area (Å²) >= 11 is 0. The normalized spacial score (nSPS) is 24.3. The van der Waals surface area contributed by atoms with Gasteiger partial charge in [-0.1, -0.05) is 0 Å². The molecule has 0 bridgehead atoms. The zero-order valence-corrected chi connectivity index (χ0v) is 13.2. The molecule has 23 heavy (non-hydrogen) atoms. The number of carbonyl (C=O) groups excluding carboxylic acids is 1. The molecule has 1 amide bonds. The molecule has 0 spiro atoms. The number of nitrogens with zero attached hydrogens (tertiary/aromatic N) is 3. The summed E-state index contributed by atoms with van der Waals surface area (Å²) in [6.45, 7) is 1.92. The highest BCUT2D eigenvalue weighted by Crippen LogP contribution is 2.47. The average Bonchev–Trinajstić information content (AvgIpc) is 3.01. The van der Waals surface area contributed by atoms with Crippen molar-refractivity contribution in [3.8, 4) is 0 Å². The predicted octanol–water partition coefficient (Wildman–Crippen LogP) is 1.54. The molecule has 0 aromatic carbocycles. The van der Waals surface area contributed by atoms with Crippen LogP contribution in [0.1, 0.15) is 40.8 Å². The molecule has 2 fully saturated rings. The van der Waals surface area contributed by atoms with Crippen molar-refractivity contribution in [3.05, 3.63) is 35.7 Å². The summed E-state index contributed by atoms with van der Waals surface area (Å²) in [5, 5.41) is 7.31. The van der Waals surface area contributed by atoms with Gasteiger partial charge in [-0.05, 0) is 30.7 Å². The third-order valence-corrected chi connectivity index (χ3v) is 4.89. The van der Waals surface area contributed by atoms with Crippen molar-refractivity contribution >= 4 is 5.91 Å². The van der Waals surface area contributed by atoms with Gasteiger partial charge in [0.2, 0.25) is 0 Å². The second-order valence-corrected chi connectivity index (χ2v) is 6.49. The molecular formula is C16H21N5O2. The first kappa shape index (κ1) is 14.4. The predicted molar refractivity (Wildman–Crippen MR) is 82.7 cm³/mol. The Morgan fingerprint density at radius 3 is 3.00 bits per heavy atom. The van der Waals surface area contributed by atoms with Crippen LogP contribution in [0.15, 0.2) is 18.5 Å². The van der Waals surface area contributed by atoms with E-state index in [9.17, 15) is 4.79 Å². The van der Waals surface area contributed by atoms with Crippen LogP contribution in [-0.4, -0.2) is 51.2 Å². The molecule has 2 N–H and O–H groups in total. The van der Waals surface area contributed by atoms with E-state index in [-0.39, 0.29) is 11.8 Å². The van der Waals surface area contributed by atoms with Gasteiger partial charge in [-0.15, -0.1) is 0 Å². The topological polar surface area (TPSA) is 86.9 Å². The summed E-state index contributed by atoms with van der Waals surface area (Å²) < 4.78 is 5.10. The van der Waals surface area contributed by atoms with Gasteiger partial charge in [0.1, 0.15) is 6.61 Å². The average molecular weight is 315 g/mol. The van der Waals surface area contributed by atoms with Crippen LogP contribution in [0.2, 0.25) is 0 Å². The van der Waals surface area contributed by atoms with Gasteiger partial charge >= 0.3 is 0 Å². The summed E-state index contributed by atoms with van der Waals surface area (Å²) in [7, 11) is 1.64. The molecule has 7 heteroatoms. The Hall–Kier alpha value is -2.15. The molecule has 2 aromatic heterocycles. The molecule has 1 saturated heterocycles. The van der Waals surface area contributed by atoms with Crippen molar-refractivity contribution in [2.75, 3.05) is 20.2 Å². The van der Waals surface area contributed by atoms with Crippen LogP contribution in [0.4, 0.5) is 0 Å². The SMILES string of the molecule is COCc1nc([C@H]2CN(C(=O)c3cc[nH]c3)C[C@@H]2C2CC2)n[nH]1. The van der Waals surface area contributed by atoms with Crippen molar-refractivity contribution in [3.63, 3.8) is 0 Å². The van der Waals surface area contributed by atoms with Gasteiger partial charge in [-0.3, -0.25) is 9.89 Å². The molecule has 7 nitrogen and oxygen atoms in total. The Balaban J connectivity index is 1.54. The number of methoxy groups -OCH3 is 1. The fourth-order valence-corrected chi connectivity index (χ4v) is 3.59. The van der Waals surface area contributed by atoms with Gasteiger partial charge in [0.25, 0.3) is 5.91 Å². The summed E-state index contributed by atoms with van der Waals surface area (Å²) in [6, 6.07) is 1.82. The Morgan fingerprint density at radius 2 is 2.30 bits per heavy atom. The van der Waals surface area contributed by atoms with E-state index in [1.165, 1.54) is 12.8 Å². The first-order chi connectivity index (χ1) is 11.3. The van der Waals surface area contributed by atoms with Crippen LogP contribution < -0.4 is 0 Å². The maximum absolute atomic E-state index is 12.6. The third kappa shape index (κ3) is 2.76. The lowest BCUT2D eigenvalue weighted by atomic mass is 9.91. The molecule has 4 rings (SSSR count). The molecule has 2 aromatic rings. The lowest BCUT2D eigenvalue weighted by molar-refractivity contribution is 0.0785. The van der Waals surface area contributed by atoms with Gasteiger partial charge in [-0.2, -0.15) is 5.10 Å². The number of carbonyl (C=O) groups is 1. The second-order valence-electron chi connectivity index (χ2n) is 6.49. The molecule has 2 atom stereocenters. The number of likely N-dealkylation sites (tertiary alicyclic amines) is 1. The Kier molecular flexibility index (Phi) is 3.65. The first-order valence-electron chi connectivity index (χ1n) is 8.08. The maximum atomic E-state index is 12.6. The van der Waals surface area contributed by atoms with E-state index in [4.69, 9.17) is 4.74 Å². The third-order valence-electron chi connectivity index (χ3n) is 4.89. The van der Waals surface area contributed by atoms with E-state index >= 15 is 0 Å². The van der Waals surface area contributed by atoms with Crippen molar-refractivity contribution in [2.24, 2.45) is 11.8 Å². The van der Waals surface area contributed by atoms with E-state index in [0.29, 0.717) is 25.0 Å². The van der Waals surface area contributed by atoms with Crippen LogP contribution in [0.3, 0.4) is 0 Å². The van der Waals surface area contributed by atoms with E-state index in [2.05, 4.69) is 20.2 Å². The van der Waals surface area contributed by atoms with E-state index in [0.717, 1.165) is 23.8 Å². The monoisotopic (exact) mass is 315 g/mol. The molecule has 0 unspecified atom stereocenters. The van der Waals surface area contributed by atoms with Gasteiger partial charge < -0.3 is 14.6 Å². The minimum atomic E-state index is 0.0899. The molecule has 122 valence electrons. The molecule has 3 heterocycles. The maximum Gasteiger partial charge on any atom is 0.255 e. The molecule has 1 aliphatic heterocycles. The summed E-state index contributed by atoms with van der Waals surface area (Å²) in [4.78, 5) is 22.1. The van der Waals surface area contributed by atoms with Crippen molar-refractivity contribution in [1.82, 2.24) is 25.1 Å². The van der Waals surface area contributed by atoms with Crippen LogP contribution in [0.5, 0.6) is 0 Å². The minimum Gasteiger partial charge on any atom is -0.377 e. The number of rotatable bonds is 5. The summed E-state index contributed by atoms with van der Waals surface area (Å²) in [5.41, 5.74) is 0.718. The minimum absolute atomic E-state index is 0.0899. The highest BCUT2D eigenvalue weighted by Gasteiger charge is 2.46. The summed E-state index contributed by atoms with van der Waals surface area (Å²) in [5.74, 6) is 3.03. The van der Waals surface area contributed by atoms with Crippen LogP contribution in [0, 0.1) is 11.8 Å². The number of amides is 1. The first-order valence-corrected chi connectivity index (χ1v) is 8.08. The lowest BCUT2D eigenvalue weighted by Gasteiger charge is -2.15. The standard InChI is InChI=1S/C16H21N5O2/c1-23-9-14-18-15(20-19-14)13-8-21(7-12(13)10-2-3-10)16(22)11-4-5-17-6-11/h4-6,10,12-13,17H,2-3,7-9H2,1H3,(H,18,19,20)/t12-,13+/m1/s1. The molecule has 0 radical (unpaired) electrons. The number of aromatic amines is 2. The number of nitrogens with one attached hydrogen (secondary N) is 2. The van der Waals surface area contributed by atoms with Crippen LogP contribution in [-0.2, 0) is 11.3 Å². The molecule has 1 aliphatic carbocycles. The van der Waals surface area contributed by atoms with Gasteiger partial charge in [0, 0.05) is 38.5 Å². The Labute approximate surface area is 134 Å². The number of hydrogen-bond acceptors (Lipinski definition) is 4. The van der Waals surface area contributed by atoms with Crippen molar-refractivity contribution in [1.29, 1.82) is 0 Å². The highest BCUT2D eigenvalue weighted by molar-refractivity contribution is 5.94. The fourth-order valence-electron chi connectivity index (χ4n) is 3.59. The van der Waals surface area contributed by atoms with Crippen LogP contribution >= 0.6 is 0 Å². The smallest absolute Gasteiger partial charge is 0.255 e. The second kappa shape index (κ2) is 5.81. The molecule has 2 aliphatic rings. The van der Waals surface area contributed by atoms with Gasteiger partial charge in [0.15, 0.2) is 11.6 Å². The number of H-pyrrole nitrogens is 2. The zero-order chi connectivity index (χ0) is 15.8. The Bertz CT molecular complexity index is 676. The van der Waals surface area contributed by atoms with E-state index in [1.54, 1.807) is 19.5 Å². The zero-order valence-electron chi connectivity index (χ0n) is 13.2. The molecular weight excluding hydrogens is 294 g/mol. The van der Waals surface area contributed by atoms with Gasteiger partial charge in [0.05, 0.1) is 5.56 Å². The van der Waals surface area contributed by atoms with Crippen molar-refractivity contribution in [2.45, 2.75) is 25.4 Å². The summed E-state index contributed by atoms with van der Waals surface area (Å²) in [6.07, 6.45) is 6.04.